The molecule has 0 saturated carbocycles. The zero-order valence-electron chi connectivity index (χ0n) is 19.4. The number of ketones is 1. The number of nitrogens with zero attached hydrogens (tertiary/aromatic N) is 2. The third-order valence-corrected chi connectivity index (χ3v) is 6.12. The molecule has 1 aliphatic heterocycles. The molecule has 0 bridgehead atoms. The summed E-state index contributed by atoms with van der Waals surface area (Å²) in [5.74, 6) is -2.73. The predicted octanol–water partition coefficient (Wildman–Crippen LogP) is 3.22. The number of aliphatic imine (C=N–C) groups is 1. The first kappa shape index (κ1) is 24.2. The quantitative estimate of drug-likeness (QED) is 0.572. The molecule has 0 aliphatic carbocycles. The molecule has 8 heteroatoms. The summed E-state index contributed by atoms with van der Waals surface area (Å²) in [5, 5.41) is 2.55. The molecule has 3 aromatic rings. The average Bonchev–Trinajstić information content (AvgIpc) is 2.96. The van der Waals surface area contributed by atoms with E-state index in [1.54, 1.807) is 11.9 Å². The Balaban J connectivity index is 1.62. The molecular weight excluding hydrogens is 450 g/mol. The van der Waals surface area contributed by atoms with Gasteiger partial charge >= 0.3 is 0 Å². The molecule has 0 aromatic heterocycles. The zero-order chi connectivity index (χ0) is 25.1. The van der Waals surface area contributed by atoms with Crippen molar-refractivity contribution in [1.29, 1.82) is 0 Å². The van der Waals surface area contributed by atoms with Crippen LogP contribution in [0, 0.1) is 11.6 Å². The standard InChI is InChI=1S/C27H26F2N4O2/c1-16(31-23(34)15-19-20(28)12-8-13-21(19)29)26(35)25-27(30)33(2)22-14-7-6-11-18(22)24(32-25)17-9-4-3-5-10-17/h3-14,16,25,27H,15,30H2,1-2H3,(H,31,34)/t16?,25?,27-/m0/s1. The number of fused-ring (bicyclic) bond motifs is 1. The second kappa shape index (κ2) is 10.1. The Morgan fingerprint density at radius 1 is 1.00 bits per heavy atom. The van der Waals surface area contributed by atoms with Crippen LogP contribution in [0.25, 0.3) is 0 Å². The Morgan fingerprint density at radius 2 is 1.63 bits per heavy atom. The number of likely N-dealkylation sites (N-methyl/N-ethyl adjacent to an activating group) is 1. The number of amides is 1. The Bertz CT molecular complexity index is 1260. The normalized spacial score (nSPS) is 18.2. The van der Waals surface area contributed by atoms with Gasteiger partial charge in [0.2, 0.25) is 5.91 Å². The van der Waals surface area contributed by atoms with Gasteiger partial charge in [-0.2, -0.15) is 0 Å². The van der Waals surface area contributed by atoms with Crippen molar-refractivity contribution in [2.45, 2.75) is 31.6 Å². The number of carbonyl (C=O) groups excluding carboxylic acids is 2. The SMILES string of the molecule is CC(NC(=O)Cc1c(F)cccc1F)C(=O)C1N=C(c2ccccc2)c2ccccc2N(C)[C@@H]1N. The molecule has 1 heterocycles. The van der Waals surface area contributed by atoms with Crippen LogP contribution < -0.4 is 16.0 Å². The maximum atomic E-state index is 13.9. The Kier molecular flexibility index (Phi) is 7.02. The van der Waals surface area contributed by atoms with Crippen molar-refractivity contribution in [3.8, 4) is 0 Å². The van der Waals surface area contributed by atoms with E-state index in [1.165, 1.54) is 13.0 Å². The van der Waals surface area contributed by atoms with Gasteiger partial charge in [-0.25, -0.2) is 8.78 Å². The lowest BCUT2D eigenvalue weighted by Crippen LogP contribution is -2.55. The second-order valence-corrected chi connectivity index (χ2v) is 8.48. The number of halogens is 2. The van der Waals surface area contributed by atoms with Crippen LogP contribution in [0.3, 0.4) is 0 Å². The minimum atomic E-state index is -0.997. The molecular formula is C27H26F2N4O2. The molecule has 180 valence electrons. The van der Waals surface area contributed by atoms with Crippen LogP contribution in [0.4, 0.5) is 14.5 Å². The highest BCUT2D eigenvalue weighted by molar-refractivity contribution is 6.17. The lowest BCUT2D eigenvalue weighted by Gasteiger charge is -2.30. The summed E-state index contributed by atoms with van der Waals surface area (Å²) in [6.07, 6.45) is -1.33. The fraction of sp³-hybridized carbons (Fsp3) is 0.222. The maximum Gasteiger partial charge on any atom is 0.225 e. The number of nitrogens with two attached hydrogens (primary N) is 1. The van der Waals surface area contributed by atoms with Gasteiger partial charge in [0.1, 0.15) is 23.8 Å². The Morgan fingerprint density at radius 3 is 2.31 bits per heavy atom. The number of para-hydroxylation sites is 1. The summed E-state index contributed by atoms with van der Waals surface area (Å²) in [6.45, 7) is 1.51. The van der Waals surface area contributed by atoms with E-state index in [9.17, 15) is 18.4 Å². The third-order valence-electron chi connectivity index (χ3n) is 6.12. The van der Waals surface area contributed by atoms with E-state index < -0.39 is 48.0 Å². The lowest BCUT2D eigenvalue weighted by molar-refractivity contribution is -0.128. The van der Waals surface area contributed by atoms with Crippen LogP contribution >= 0.6 is 0 Å². The molecule has 0 spiro atoms. The van der Waals surface area contributed by atoms with Crippen molar-refractivity contribution in [2.75, 3.05) is 11.9 Å². The number of anilines is 1. The molecule has 4 rings (SSSR count). The third kappa shape index (κ3) is 4.97. The molecule has 6 nitrogen and oxygen atoms in total. The molecule has 3 N–H and O–H groups in total. The number of benzene rings is 3. The van der Waals surface area contributed by atoms with Crippen LogP contribution in [-0.2, 0) is 16.0 Å². The highest BCUT2D eigenvalue weighted by Gasteiger charge is 2.36. The lowest BCUT2D eigenvalue weighted by atomic mass is 10.00. The minimum Gasteiger partial charge on any atom is -0.356 e. The van der Waals surface area contributed by atoms with E-state index in [1.807, 2.05) is 54.6 Å². The van der Waals surface area contributed by atoms with Gasteiger partial charge < -0.3 is 16.0 Å². The average molecular weight is 477 g/mol. The van der Waals surface area contributed by atoms with E-state index in [-0.39, 0.29) is 5.56 Å². The van der Waals surface area contributed by atoms with Crippen molar-refractivity contribution < 1.29 is 18.4 Å². The first-order valence-corrected chi connectivity index (χ1v) is 11.2. The van der Waals surface area contributed by atoms with E-state index in [4.69, 9.17) is 10.7 Å². The van der Waals surface area contributed by atoms with Gasteiger partial charge in [-0.3, -0.25) is 14.6 Å². The molecule has 3 aromatic carbocycles. The predicted molar refractivity (Wildman–Crippen MR) is 131 cm³/mol. The molecule has 3 atom stereocenters. The van der Waals surface area contributed by atoms with Crippen LogP contribution in [0.1, 0.15) is 23.6 Å². The molecule has 35 heavy (non-hydrogen) atoms. The Hall–Kier alpha value is -3.91. The largest absolute Gasteiger partial charge is 0.356 e. The number of carbonyl (C=O) groups is 2. The van der Waals surface area contributed by atoms with Gasteiger partial charge in [0.25, 0.3) is 0 Å². The topological polar surface area (TPSA) is 87.8 Å². The first-order valence-electron chi connectivity index (χ1n) is 11.2. The monoisotopic (exact) mass is 476 g/mol. The van der Waals surface area contributed by atoms with Crippen LogP contribution in [-0.4, -0.2) is 42.7 Å². The maximum absolute atomic E-state index is 13.9. The molecule has 0 radical (unpaired) electrons. The molecule has 1 aliphatic rings. The summed E-state index contributed by atoms with van der Waals surface area (Å²) in [7, 11) is 1.79. The molecule has 2 unspecified atom stereocenters. The van der Waals surface area contributed by atoms with Gasteiger partial charge in [0.05, 0.1) is 18.2 Å². The number of nitrogens with one attached hydrogen (secondary N) is 1. The minimum absolute atomic E-state index is 0.351. The van der Waals surface area contributed by atoms with Gasteiger partial charge in [-0.05, 0) is 25.1 Å². The first-order chi connectivity index (χ1) is 16.8. The fourth-order valence-electron chi connectivity index (χ4n) is 4.18. The highest BCUT2D eigenvalue weighted by atomic mass is 19.1. The van der Waals surface area contributed by atoms with Crippen molar-refractivity contribution >= 4 is 23.1 Å². The van der Waals surface area contributed by atoms with Crippen molar-refractivity contribution in [1.82, 2.24) is 5.32 Å². The summed E-state index contributed by atoms with van der Waals surface area (Å²) in [5.41, 5.74) is 9.24. The number of hydrogen-bond acceptors (Lipinski definition) is 5. The van der Waals surface area contributed by atoms with E-state index in [0.717, 1.165) is 28.9 Å². The van der Waals surface area contributed by atoms with Gasteiger partial charge in [0, 0.05) is 29.4 Å². The van der Waals surface area contributed by atoms with Crippen LogP contribution in [0.2, 0.25) is 0 Å². The van der Waals surface area contributed by atoms with E-state index in [0.29, 0.717) is 5.71 Å². The molecule has 0 fully saturated rings. The highest BCUT2D eigenvalue weighted by Crippen LogP contribution is 2.29. The molecule has 0 saturated heterocycles. The van der Waals surface area contributed by atoms with E-state index >= 15 is 0 Å². The van der Waals surface area contributed by atoms with Gasteiger partial charge in [0.15, 0.2) is 5.78 Å². The van der Waals surface area contributed by atoms with E-state index in [2.05, 4.69) is 5.32 Å². The number of benzodiazepines with no additional fused rings is 1. The van der Waals surface area contributed by atoms with Gasteiger partial charge in [-0.15, -0.1) is 0 Å². The van der Waals surface area contributed by atoms with Crippen LogP contribution in [0.5, 0.6) is 0 Å². The van der Waals surface area contributed by atoms with Crippen molar-refractivity contribution in [3.63, 3.8) is 0 Å². The molecule has 1 amide bonds. The van der Waals surface area contributed by atoms with Crippen molar-refractivity contribution in [2.24, 2.45) is 10.7 Å². The number of hydrogen-bond donors (Lipinski definition) is 2. The zero-order valence-corrected chi connectivity index (χ0v) is 19.4. The second-order valence-electron chi connectivity index (χ2n) is 8.48. The number of rotatable bonds is 6. The van der Waals surface area contributed by atoms with Crippen molar-refractivity contribution in [3.05, 3.63) is 101 Å². The summed E-state index contributed by atoms with van der Waals surface area (Å²) in [6, 6.07) is 18.5. The number of Topliss-reactive ketones (excluding diaryl/α,β-unsaturated/α-hetero) is 1. The Labute approximate surface area is 202 Å². The van der Waals surface area contributed by atoms with Crippen LogP contribution in [0.15, 0.2) is 77.8 Å². The summed E-state index contributed by atoms with van der Waals surface area (Å²) >= 11 is 0. The smallest absolute Gasteiger partial charge is 0.225 e. The summed E-state index contributed by atoms with van der Waals surface area (Å²) in [4.78, 5) is 32.6. The fourth-order valence-corrected chi connectivity index (χ4v) is 4.18. The van der Waals surface area contributed by atoms with Gasteiger partial charge in [-0.1, -0.05) is 54.6 Å². The summed E-state index contributed by atoms with van der Waals surface area (Å²) < 4.78 is 27.9.